The molecule has 6 rings (SSSR count). The summed E-state index contributed by atoms with van der Waals surface area (Å²) in [5, 5.41) is 10.5. The summed E-state index contributed by atoms with van der Waals surface area (Å²) < 4.78 is 13.1. The van der Waals surface area contributed by atoms with Crippen LogP contribution in [0.25, 0.3) is 0 Å². The Kier molecular flexibility index (Phi) is 9.97. The maximum absolute atomic E-state index is 12.8. The number of hydrogen-bond acceptors (Lipinski definition) is 3. The van der Waals surface area contributed by atoms with E-state index in [0.717, 1.165) is 92.4 Å². The highest BCUT2D eigenvalue weighted by Gasteiger charge is 2.53. The van der Waals surface area contributed by atoms with E-state index < -0.39 is 5.97 Å². The minimum absolute atomic E-state index is 0.0272. The van der Waals surface area contributed by atoms with Crippen LogP contribution >= 0.6 is 0 Å². The van der Waals surface area contributed by atoms with Gasteiger partial charge in [0.05, 0.1) is 13.2 Å². The van der Waals surface area contributed by atoms with Crippen molar-refractivity contribution in [2.45, 2.75) is 109 Å². The summed E-state index contributed by atoms with van der Waals surface area (Å²) in [6, 6.07) is 11.9. The smallest absolute Gasteiger partial charge is 0.339 e. The maximum Gasteiger partial charge on any atom is 0.339 e. The van der Waals surface area contributed by atoms with Gasteiger partial charge in [-0.25, -0.2) is 4.79 Å². The van der Waals surface area contributed by atoms with Gasteiger partial charge in [0.15, 0.2) is 5.75 Å². The molecule has 4 fully saturated rings. The van der Waals surface area contributed by atoms with Crippen molar-refractivity contribution in [2.24, 2.45) is 17.8 Å². The van der Waals surface area contributed by atoms with Gasteiger partial charge in [-0.2, -0.15) is 0 Å². The van der Waals surface area contributed by atoms with Crippen LogP contribution in [0.3, 0.4) is 0 Å². The Morgan fingerprint density at radius 3 is 1.90 bits per heavy atom. The Hall–Kier alpha value is -2.93. The summed E-state index contributed by atoms with van der Waals surface area (Å²) in [5.74, 6) is 9.17. The van der Waals surface area contributed by atoms with Gasteiger partial charge in [0.2, 0.25) is 0 Å². The van der Waals surface area contributed by atoms with Crippen LogP contribution in [0.5, 0.6) is 11.5 Å². The number of hydrogen-bond donors (Lipinski definition) is 1. The first-order chi connectivity index (χ1) is 20.0. The molecule has 0 saturated heterocycles. The molecule has 2 aromatic rings. The predicted octanol–water partition coefficient (Wildman–Crippen LogP) is 9.17. The van der Waals surface area contributed by atoms with E-state index in [1.165, 1.54) is 32.1 Å². The molecule has 2 aromatic carbocycles. The van der Waals surface area contributed by atoms with Gasteiger partial charge in [-0.3, -0.25) is 0 Å². The molecule has 4 heteroatoms. The number of ether oxygens (including phenoxy) is 2. The predicted molar refractivity (Wildman–Crippen MR) is 165 cm³/mol. The zero-order valence-electron chi connectivity index (χ0n) is 25.2. The first-order valence-electron chi connectivity index (χ1n) is 16.3. The summed E-state index contributed by atoms with van der Waals surface area (Å²) in [4.78, 5) is 12.8. The van der Waals surface area contributed by atoms with E-state index in [1.54, 1.807) is 0 Å². The van der Waals surface area contributed by atoms with Gasteiger partial charge in [-0.1, -0.05) is 82.4 Å². The molecule has 4 aliphatic carbocycles. The van der Waals surface area contributed by atoms with Gasteiger partial charge in [-0.05, 0) is 92.7 Å². The molecule has 4 nitrogen and oxygen atoms in total. The van der Waals surface area contributed by atoms with Crippen LogP contribution in [0.2, 0.25) is 0 Å². The molecule has 220 valence electrons. The number of unbranched alkanes of at least 4 members (excludes halogenated alkanes) is 6. The van der Waals surface area contributed by atoms with Gasteiger partial charge in [0.25, 0.3) is 0 Å². The number of carboxylic acid groups (broad SMARTS) is 1. The maximum atomic E-state index is 12.8. The second kappa shape index (κ2) is 13.8. The SMILES string of the molecule is CCCCCCOc1c(C(=O)O)cc(C23CC4CC(CC(C4)C2)C3)c(OCCCCCC)c1C#Cc1ccccc1. The van der Waals surface area contributed by atoms with E-state index in [9.17, 15) is 9.90 Å². The molecular weight excluding hydrogens is 508 g/mol. The van der Waals surface area contributed by atoms with Crippen LogP contribution in [0.15, 0.2) is 36.4 Å². The van der Waals surface area contributed by atoms with Crippen molar-refractivity contribution in [2.75, 3.05) is 13.2 Å². The largest absolute Gasteiger partial charge is 0.492 e. The van der Waals surface area contributed by atoms with Crippen molar-refractivity contribution in [3.05, 3.63) is 58.7 Å². The molecule has 4 aliphatic rings. The van der Waals surface area contributed by atoms with Crippen LogP contribution < -0.4 is 9.47 Å². The van der Waals surface area contributed by atoms with Gasteiger partial charge >= 0.3 is 5.97 Å². The average Bonchev–Trinajstić information content (AvgIpc) is 2.95. The fourth-order valence-corrected chi connectivity index (χ4v) is 8.12. The zero-order chi connectivity index (χ0) is 28.7. The quantitative estimate of drug-likeness (QED) is 0.186. The van der Waals surface area contributed by atoms with Crippen molar-refractivity contribution >= 4 is 5.97 Å². The second-order valence-corrected chi connectivity index (χ2v) is 12.9. The lowest BCUT2D eigenvalue weighted by atomic mass is 9.48. The van der Waals surface area contributed by atoms with Crippen molar-refractivity contribution in [3.8, 4) is 23.3 Å². The molecule has 0 aromatic heterocycles. The van der Waals surface area contributed by atoms with Crippen LogP contribution in [-0.2, 0) is 5.41 Å². The average molecular weight is 557 g/mol. The van der Waals surface area contributed by atoms with Crippen molar-refractivity contribution in [1.82, 2.24) is 0 Å². The van der Waals surface area contributed by atoms with Crippen LogP contribution in [0.1, 0.15) is 131 Å². The standard InChI is InChI=1S/C37H48O4/c1-3-5-7-12-18-40-34-31(17-16-27-14-10-9-11-15-27)35(41-19-13-8-6-4-2)33(23-32(34)36(38)39)37-24-28-20-29(25-37)22-30(21-28)26-37/h9-11,14-15,23,28-30H,3-8,12-13,18-22,24-26H2,1-2H3,(H,38,39). The Morgan fingerprint density at radius 2 is 1.37 bits per heavy atom. The molecule has 0 radical (unpaired) electrons. The van der Waals surface area contributed by atoms with Gasteiger partial charge in [0.1, 0.15) is 16.9 Å². The van der Waals surface area contributed by atoms with Gasteiger partial charge in [0, 0.05) is 11.1 Å². The molecule has 0 heterocycles. The lowest BCUT2D eigenvalue weighted by molar-refractivity contribution is -0.00648. The minimum atomic E-state index is -0.947. The summed E-state index contributed by atoms with van der Waals surface area (Å²) in [6.45, 7) is 5.50. The first-order valence-corrected chi connectivity index (χ1v) is 16.3. The Bertz CT molecular complexity index is 1200. The first kappa shape index (κ1) is 29.6. The molecule has 1 N–H and O–H groups in total. The third-order valence-corrected chi connectivity index (χ3v) is 9.67. The third-order valence-electron chi connectivity index (χ3n) is 9.67. The van der Waals surface area contributed by atoms with E-state index in [4.69, 9.17) is 9.47 Å². The summed E-state index contributed by atoms with van der Waals surface area (Å²) in [7, 11) is 0. The van der Waals surface area contributed by atoms with Gasteiger partial charge in [-0.15, -0.1) is 0 Å². The summed E-state index contributed by atoms with van der Waals surface area (Å²) >= 11 is 0. The molecule has 0 amide bonds. The third kappa shape index (κ3) is 6.94. The van der Waals surface area contributed by atoms with E-state index in [0.29, 0.717) is 24.5 Å². The monoisotopic (exact) mass is 556 g/mol. The lowest BCUT2D eigenvalue weighted by Gasteiger charge is -2.57. The zero-order valence-corrected chi connectivity index (χ0v) is 25.2. The molecule has 0 atom stereocenters. The number of benzene rings is 2. The molecule has 41 heavy (non-hydrogen) atoms. The highest BCUT2D eigenvalue weighted by atomic mass is 16.5. The van der Waals surface area contributed by atoms with Crippen LogP contribution in [-0.4, -0.2) is 24.3 Å². The summed E-state index contributed by atoms with van der Waals surface area (Å²) in [5.41, 5.74) is 2.82. The molecular formula is C37H48O4. The van der Waals surface area contributed by atoms with E-state index in [2.05, 4.69) is 25.7 Å². The number of rotatable bonds is 14. The highest BCUT2D eigenvalue weighted by Crippen LogP contribution is 2.62. The normalized spacial score (nSPS) is 24.1. The lowest BCUT2D eigenvalue weighted by Crippen LogP contribution is -2.48. The van der Waals surface area contributed by atoms with E-state index in [-0.39, 0.29) is 11.0 Å². The minimum Gasteiger partial charge on any atom is -0.492 e. The summed E-state index contributed by atoms with van der Waals surface area (Å²) in [6.07, 6.45) is 16.1. The topological polar surface area (TPSA) is 55.8 Å². The van der Waals surface area contributed by atoms with Crippen molar-refractivity contribution < 1.29 is 19.4 Å². The number of carboxylic acids is 1. The Balaban J connectivity index is 1.62. The molecule has 0 unspecified atom stereocenters. The van der Waals surface area contributed by atoms with E-state index >= 15 is 0 Å². The van der Waals surface area contributed by atoms with E-state index in [1.807, 2.05) is 36.4 Å². The fraction of sp³-hybridized carbons (Fsp3) is 0.595. The van der Waals surface area contributed by atoms with Crippen LogP contribution in [0, 0.1) is 29.6 Å². The molecule has 0 aliphatic heterocycles. The fourth-order valence-electron chi connectivity index (χ4n) is 8.12. The van der Waals surface area contributed by atoms with Crippen LogP contribution in [0.4, 0.5) is 0 Å². The Labute approximate surface area is 247 Å². The number of carbonyl (C=O) groups is 1. The highest BCUT2D eigenvalue weighted by molar-refractivity contribution is 5.93. The Morgan fingerprint density at radius 1 is 0.805 bits per heavy atom. The van der Waals surface area contributed by atoms with Crippen molar-refractivity contribution in [3.63, 3.8) is 0 Å². The molecule has 4 saturated carbocycles. The number of aromatic carboxylic acids is 1. The van der Waals surface area contributed by atoms with Crippen molar-refractivity contribution in [1.29, 1.82) is 0 Å². The molecule has 4 bridgehead atoms. The molecule has 0 spiro atoms. The van der Waals surface area contributed by atoms with Gasteiger partial charge < -0.3 is 14.6 Å². The second-order valence-electron chi connectivity index (χ2n) is 12.9.